The van der Waals surface area contributed by atoms with Gasteiger partial charge < -0.3 is 14.8 Å². The van der Waals surface area contributed by atoms with E-state index in [1.165, 1.54) is 51.6 Å². The van der Waals surface area contributed by atoms with E-state index in [9.17, 15) is 0 Å². The lowest BCUT2D eigenvalue weighted by Gasteiger charge is -2.31. The standard InChI is InChI=1S/C15H26N4/c1-12-11-19(14-7-9-18(2)10-8-14)15(16-12)17-13-5-3-4-6-13/h11,13-14H,3-10H2,1-2H3,(H,16,17). The minimum absolute atomic E-state index is 0.626. The first-order valence-electron chi connectivity index (χ1n) is 7.73. The molecule has 0 aromatic carbocycles. The van der Waals surface area contributed by atoms with E-state index in [2.05, 4.69) is 35.0 Å². The summed E-state index contributed by atoms with van der Waals surface area (Å²) in [7, 11) is 2.22. The maximum absolute atomic E-state index is 4.71. The molecule has 2 heterocycles. The molecule has 0 spiro atoms. The number of likely N-dealkylation sites (tertiary alicyclic amines) is 1. The zero-order chi connectivity index (χ0) is 13.2. The Morgan fingerprint density at radius 1 is 1.16 bits per heavy atom. The highest BCUT2D eigenvalue weighted by Crippen LogP contribution is 2.28. The Morgan fingerprint density at radius 2 is 1.84 bits per heavy atom. The summed E-state index contributed by atoms with van der Waals surface area (Å²) in [5.41, 5.74) is 1.14. The molecule has 2 aliphatic rings. The molecule has 1 saturated carbocycles. The number of rotatable bonds is 3. The number of nitrogens with zero attached hydrogens (tertiary/aromatic N) is 3. The molecule has 4 nitrogen and oxygen atoms in total. The van der Waals surface area contributed by atoms with Crippen molar-refractivity contribution in [2.24, 2.45) is 0 Å². The summed E-state index contributed by atoms with van der Waals surface area (Å²) in [5.74, 6) is 1.11. The van der Waals surface area contributed by atoms with Gasteiger partial charge in [-0.25, -0.2) is 4.98 Å². The van der Waals surface area contributed by atoms with Crippen molar-refractivity contribution in [1.82, 2.24) is 14.5 Å². The number of imidazole rings is 1. The molecule has 106 valence electrons. The number of hydrogen-bond acceptors (Lipinski definition) is 3. The average Bonchev–Trinajstić information content (AvgIpc) is 3.01. The molecule has 1 aromatic rings. The van der Waals surface area contributed by atoms with Crippen molar-refractivity contribution in [2.75, 3.05) is 25.5 Å². The molecule has 2 fully saturated rings. The van der Waals surface area contributed by atoms with Crippen LogP contribution in [0.2, 0.25) is 0 Å². The second kappa shape index (κ2) is 5.53. The second-order valence-corrected chi connectivity index (χ2v) is 6.27. The topological polar surface area (TPSA) is 33.1 Å². The lowest BCUT2D eigenvalue weighted by Crippen LogP contribution is -2.32. The van der Waals surface area contributed by atoms with Gasteiger partial charge in [0.15, 0.2) is 0 Å². The van der Waals surface area contributed by atoms with Crippen molar-refractivity contribution >= 4 is 5.95 Å². The maximum atomic E-state index is 4.71. The number of aromatic nitrogens is 2. The summed E-state index contributed by atoms with van der Waals surface area (Å²) < 4.78 is 2.40. The van der Waals surface area contributed by atoms with E-state index >= 15 is 0 Å². The van der Waals surface area contributed by atoms with Crippen LogP contribution in [0.3, 0.4) is 0 Å². The Balaban J connectivity index is 1.72. The third-order valence-electron chi connectivity index (χ3n) is 4.62. The van der Waals surface area contributed by atoms with Crippen LogP contribution in [-0.2, 0) is 0 Å². The predicted octanol–water partition coefficient (Wildman–Crippen LogP) is 2.81. The van der Waals surface area contributed by atoms with Gasteiger partial charge in [0.2, 0.25) is 5.95 Å². The smallest absolute Gasteiger partial charge is 0.203 e. The Kier molecular flexibility index (Phi) is 3.78. The van der Waals surface area contributed by atoms with Gasteiger partial charge in [0.25, 0.3) is 0 Å². The zero-order valence-electron chi connectivity index (χ0n) is 12.2. The Bertz CT molecular complexity index is 412. The minimum Gasteiger partial charge on any atom is -0.353 e. The van der Waals surface area contributed by atoms with E-state index in [0.717, 1.165) is 11.6 Å². The van der Waals surface area contributed by atoms with Crippen LogP contribution < -0.4 is 5.32 Å². The minimum atomic E-state index is 0.626. The number of piperidine rings is 1. The molecule has 4 heteroatoms. The van der Waals surface area contributed by atoms with Gasteiger partial charge in [-0.3, -0.25) is 0 Å². The van der Waals surface area contributed by atoms with Gasteiger partial charge in [-0.2, -0.15) is 0 Å². The fourth-order valence-corrected chi connectivity index (χ4v) is 3.43. The summed E-state index contributed by atoms with van der Waals surface area (Å²) in [6.07, 6.45) is 10.1. The van der Waals surface area contributed by atoms with Gasteiger partial charge in [0.1, 0.15) is 0 Å². The maximum Gasteiger partial charge on any atom is 0.203 e. The first-order valence-corrected chi connectivity index (χ1v) is 7.73. The van der Waals surface area contributed by atoms with Gasteiger partial charge in [0.05, 0.1) is 5.69 Å². The second-order valence-electron chi connectivity index (χ2n) is 6.27. The summed E-state index contributed by atoms with van der Waals surface area (Å²) >= 11 is 0. The largest absolute Gasteiger partial charge is 0.353 e. The van der Waals surface area contributed by atoms with Gasteiger partial charge in [0, 0.05) is 18.3 Å². The van der Waals surface area contributed by atoms with Crippen LogP contribution in [0.4, 0.5) is 5.95 Å². The Hall–Kier alpha value is -1.03. The van der Waals surface area contributed by atoms with E-state index in [1.54, 1.807) is 0 Å². The molecular formula is C15H26N4. The fourth-order valence-electron chi connectivity index (χ4n) is 3.43. The highest BCUT2D eigenvalue weighted by molar-refractivity contribution is 5.31. The Morgan fingerprint density at radius 3 is 2.53 bits per heavy atom. The van der Waals surface area contributed by atoms with Crippen LogP contribution in [0.1, 0.15) is 50.3 Å². The highest BCUT2D eigenvalue weighted by atomic mass is 15.2. The summed E-state index contributed by atoms with van der Waals surface area (Å²) in [6.45, 7) is 4.50. The first kappa shape index (κ1) is 13.0. The van der Waals surface area contributed by atoms with Gasteiger partial charge in [-0.05, 0) is 52.7 Å². The molecule has 1 saturated heterocycles. The van der Waals surface area contributed by atoms with Crippen LogP contribution in [0.15, 0.2) is 6.20 Å². The molecule has 0 radical (unpaired) electrons. The van der Waals surface area contributed by atoms with Gasteiger partial charge >= 0.3 is 0 Å². The van der Waals surface area contributed by atoms with E-state index in [0.29, 0.717) is 12.1 Å². The third kappa shape index (κ3) is 2.94. The van der Waals surface area contributed by atoms with E-state index in [4.69, 9.17) is 4.98 Å². The van der Waals surface area contributed by atoms with Gasteiger partial charge in [-0.1, -0.05) is 12.8 Å². The molecule has 0 atom stereocenters. The Labute approximate surface area is 116 Å². The van der Waals surface area contributed by atoms with Crippen molar-refractivity contribution in [3.63, 3.8) is 0 Å². The quantitative estimate of drug-likeness (QED) is 0.909. The van der Waals surface area contributed by atoms with E-state index < -0.39 is 0 Å². The third-order valence-corrected chi connectivity index (χ3v) is 4.62. The van der Waals surface area contributed by atoms with Crippen molar-refractivity contribution in [3.8, 4) is 0 Å². The highest BCUT2D eigenvalue weighted by Gasteiger charge is 2.23. The first-order chi connectivity index (χ1) is 9.22. The molecule has 19 heavy (non-hydrogen) atoms. The molecule has 3 rings (SSSR count). The lowest BCUT2D eigenvalue weighted by molar-refractivity contribution is 0.222. The average molecular weight is 262 g/mol. The summed E-state index contributed by atoms with van der Waals surface area (Å²) in [6, 6.07) is 1.27. The number of aryl methyl sites for hydroxylation is 1. The number of nitrogens with one attached hydrogen (secondary N) is 1. The lowest BCUT2D eigenvalue weighted by atomic mass is 10.1. The molecule has 0 amide bonds. The molecule has 0 unspecified atom stereocenters. The van der Waals surface area contributed by atoms with Crippen LogP contribution in [-0.4, -0.2) is 40.6 Å². The van der Waals surface area contributed by atoms with Crippen LogP contribution >= 0.6 is 0 Å². The number of anilines is 1. The van der Waals surface area contributed by atoms with E-state index in [1.807, 2.05) is 0 Å². The predicted molar refractivity (Wildman–Crippen MR) is 78.6 cm³/mol. The molecule has 1 aromatic heterocycles. The molecule has 0 bridgehead atoms. The zero-order valence-corrected chi connectivity index (χ0v) is 12.2. The summed E-state index contributed by atoms with van der Waals surface area (Å²) in [5, 5.41) is 3.68. The van der Waals surface area contributed by atoms with Crippen LogP contribution in [0.25, 0.3) is 0 Å². The molecule has 1 N–H and O–H groups in total. The normalized spacial score (nSPS) is 23.1. The van der Waals surface area contributed by atoms with Crippen molar-refractivity contribution in [1.29, 1.82) is 0 Å². The van der Waals surface area contributed by atoms with Crippen LogP contribution in [0.5, 0.6) is 0 Å². The fraction of sp³-hybridized carbons (Fsp3) is 0.800. The summed E-state index contributed by atoms with van der Waals surface area (Å²) in [4.78, 5) is 7.13. The van der Waals surface area contributed by atoms with E-state index in [-0.39, 0.29) is 0 Å². The van der Waals surface area contributed by atoms with Crippen molar-refractivity contribution in [3.05, 3.63) is 11.9 Å². The van der Waals surface area contributed by atoms with Gasteiger partial charge in [-0.15, -0.1) is 0 Å². The van der Waals surface area contributed by atoms with Crippen LogP contribution in [0, 0.1) is 6.92 Å². The van der Waals surface area contributed by atoms with Crippen molar-refractivity contribution < 1.29 is 0 Å². The number of hydrogen-bond donors (Lipinski definition) is 1. The molecule has 1 aliphatic carbocycles. The molecule has 1 aliphatic heterocycles. The van der Waals surface area contributed by atoms with Crippen molar-refractivity contribution in [2.45, 2.75) is 57.5 Å². The molecular weight excluding hydrogens is 236 g/mol. The SMILES string of the molecule is Cc1cn(C2CCN(C)CC2)c(NC2CCCC2)n1. The monoisotopic (exact) mass is 262 g/mol.